The number of nitrogens with one attached hydrogen (secondary N) is 1. The molecule has 2 rings (SSSR count). The molecule has 0 spiro atoms. The zero-order valence-corrected chi connectivity index (χ0v) is 15.0. The molecule has 1 amide bonds. The van der Waals surface area contributed by atoms with Gasteiger partial charge in [0, 0.05) is 17.8 Å². The molecule has 7 heteroatoms. The second-order valence-electron chi connectivity index (χ2n) is 5.70. The average molecular weight is 359 g/mol. The summed E-state index contributed by atoms with van der Waals surface area (Å²) < 4.78 is 15.9. The van der Waals surface area contributed by atoms with Gasteiger partial charge in [-0.2, -0.15) is 0 Å². The fourth-order valence-corrected chi connectivity index (χ4v) is 2.31. The number of benzene rings is 2. The van der Waals surface area contributed by atoms with E-state index >= 15 is 0 Å². The van der Waals surface area contributed by atoms with Gasteiger partial charge in [0.1, 0.15) is 22.8 Å². The first-order valence-corrected chi connectivity index (χ1v) is 7.93. The first kappa shape index (κ1) is 19.1. The molecule has 0 heterocycles. The Balaban J connectivity index is 2.31. The van der Waals surface area contributed by atoms with Gasteiger partial charge in [-0.25, -0.2) is 4.79 Å². The summed E-state index contributed by atoms with van der Waals surface area (Å²) in [5, 5.41) is 11.8. The molecular weight excluding hydrogens is 338 g/mol. The van der Waals surface area contributed by atoms with Gasteiger partial charge in [0.05, 0.1) is 25.9 Å². The number of hydrogen-bond acceptors (Lipinski definition) is 5. The first-order chi connectivity index (χ1) is 12.3. The Morgan fingerprint density at radius 1 is 0.962 bits per heavy atom. The lowest BCUT2D eigenvalue weighted by Gasteiger charge is -2.15. The highest BCUT2D eigenvalue weighted by atomic mass is 16.5. The molecule has 0 aliphatic carbocycles. The van der Waals surface area contributed by atoms with Crippen molar-refractivity contribution in [2.24, 2.45) is 0 Å². The number of carbonyl (C=O) groups is 2. The molecule has 2 aromatic rings. The monoisotopic (exact) mass is 359 g/mol. The van der Waals surface area contributed by atoms with Crippen LogP contribution in [0.5, 0.6) is 17.2 Å². The number of methoxy groups -OCH3 is 2. The van der Waals surface area contributed by atoms with E-state index in [0.717, 1.165) is 0 Å². The molecular formula is C19H21NO6. The van der Waals surface area contributed by atoms with Crippen molar-refractivity contribution >= 4 is 17.6 Å². The van der Waals surface area contributed by atoms with E-state index in [1.54, 1.807) is 18.2 Å². The maximum atomic E-state index is 12.6. The minimum Gasteiger partial charge on any atom is -0.497 e. The van der Waals surface area contributed by atoms with Crippen molar-refractivity contribution in [2.75, 3.05) is 19.5 Å². The molecule has 0 aromatic heterocycles. The number of ether oxygens (including phenoxy) is 3. The average Bonchev–Trinajstić information content (AvgIpc) is 2.60. The van der Waals surface area contributed by atoms with Crippen LogP contribution in [0.4, 0.5) is 5.69 Å². The standard InChI is InChI=1S/C19H21NO6/c1-11(2)26-17-10-13(24-3)6-8-14(17)18(21)20-12-5-7-15(19(22)23)16(9-12)25-4/h5-11H,1-4H3,(H,20,21)(H,22,23). The van der Waals surface area contributed by atoms with E-state index in [1.807, 2.05) is 13.8 Å². The molecule has 0 bridgehead atoms. The molecule has 7 nitrogen and oxygen atoms in total. The van der Waals surface area contributed by atoms with Gasteiger partial charge < -0.3 is 24.6 Å². The van der Waals surface area contributed by atoms with Crippen molar-refractivity contribution in [1.82, 2.24) is 0 Å². The Kier molecular flexibility index (Phi) is 6.06. The minimum absolute atomic E-state index is 0.0128. The van der Waals surface area contributed by atoms with Crippen LogP contribution in [0.25, 0.3) is 0 Å². The summed E-state index contributed by atoms with van der Waals surface area (Å²) in [5.41, 5.74) is 0.753. The SMILES string of the molecule is COc1ccc(C(=O)Nc2ccc(C(=O)O)c(OC)c2)c(OC(C)C)c1. The zero-order valence-electron chi connectivity index (χ0n) is 15.0. The summed E-state index contributed by atoms with van der Waals surface area (Å²) in [4.78, 5) is 23.8. The second kappa shape index (κ2) is 8.24. The van der Waals surface area contributed by atoms with E-state index in [-0.39, 0.29) is 17.4 Å². The van der Waals surface area contributed by atoms with Crippen LogP contribution in [-0.4, -0.2) is 37.3 Å². The normalized spacial score (nSPS) is 10.3. The molecule has 2 aromatic carbocycles. The van der Waals surface area contributed by atoms with Crippen LogP contribution in [0.3, 0.4) is 0 Å². The van der Waals surface area contributed by atoms with Gasteiger partial charge in [-0.3, -0.25) is 4.79 Å². The third-order valence-electron chi connectivity index (χ3n) is 3.49. The second-order valence-corrected chi connectivity index (χ2v) is 5.70. The van der Waals surface area contributed by atoms with Gasteiger partial charge >= 0.3 is 5.97 Å². The summed E-state index contributed by atoms with van der Waals surface area (Å²) >= 11 is 0. The summed E-state index contributed by atoms with van der Waals surface area (Å²) in [7, 11) is 2.90. The Labute approximate surface area is 151 Å². The van der Waals surface area contributed by atoms with Crippen molar-refractivity contribution < 1.29 is 28.9 Å². The highest BCUT2D eigenvalue weighted by Crippen LogP contribution is 2.28. The van der Waals surface area contributed by atoms with Crippen LogP contribution in [0.1, 0.15) is 34.6 Å². The summed E-state index contributed by atoms with van der Waals surface area (Å²) in [6, 6.07) is 9.23. The van der Waals surface area contributed by atoms with E-state index in [0.29, 0.717) is 22.7 Å². The summed E-state index contributed by atoms with van der Waals surface area (Å²) in [6.45, 7) is 3.72. The van der Waals surface area contributed by atoms with Gasteiger partial charge in [0.25, 0.3) is 5.91 Å². The van der Waals surface area contributed by atoms with Crippen LogP contribution in [-0.2, 0) is 0 Å². The van der Waals surface area contributed by atoms with Crippen LogP contribution >= 0.6 is 0 Å². The molecule has 138 valence electrons. The first-order valence-electron chi connectivity index (χ1n) is 7.93. The lowest BCUT2D eigenvalue weighted by Crippen LogP contribution is -2.16. The van der Waals surface area contributed by atoms with Crippen molar-refractivity contribution in [3.63, 3.8) is 0 Å². The van der Waals surface area contributed by atoms with Gasteiger partial charge in [-0.1, -0.05) is 0 Å². The molecule has 0 saturated heterocycles. The van der Waals surface area contributed by atoms with E-state index in [2.05, 4.69) is 5.32 Å². The molecule has 0 aliphatic rings. The van der Waals surface area contributed by atoms with Gasteiger partial charge in [0.15, 0.2) is 0 Å². The number of aromatic carboxylic acids is 1. The highest BCUT2D eigenvalue weighted by molar-refractivity contribution is 6.06. The number of carboxylic acids is 1. The Hall–Kier alpha value is -3.22. The molecule has 2 N–H and O–H groups in total. The molecule has 0 unspecified atom stereocenters. The fraction of sp³-hybridized carbons (Fsp3) is 0.263. The van der Waals surface area contributed by atoms with Gasteiger partial charge in [-0.15, -0.1) is 0 Å². The molecule has 0 aliphatic heterocycles. The molecule has 0 atom stereocenters. The third kappa shape index (κ3) is 4.44. The Bertz CT molecular complexity index is 816. The summed E-state index contributed by atoms with van der Waals surface area (Å²) in [6.07, 6.45) is -0.122. The van der Waals surface area contributed by atoms with Crippen molar-refractivity contribution in [1.29, 1.82) is 0 Å². The van der Waals surface area contributed by atoms with Crippen LogP contribution in [0.2, 0.25) is 0 Å². The fourth-order valence-electron chi connectivity index (χ4n) is 2.31. The van der Waals surface area contributed by atoms with Gasteiger partial charge in [0.2, 0.25) is 0 Å². The maximum Gasteiger partial charge on any atom is 0.339 e. The lowest BCUT2D eigenvalue weighted by atomic mass is 10.1. The molecule has 0 radical (unpaired) electrons. The maximum absolute atomic E-state index is 12.6. The number of carbonyl (C=O) groups excluding carboxylic acids is 1. The smallest absolute Gasteiger partial charge is 0.339 e. The lowest BCUT2D eigenvalue weighted by molar-refractivity contribution is 0.0693. The summed E-state index contributed by atoms with van der Waals surface area (Å²) in [5.74, 6) is -0.379. The van der Waals surface area contributed by atoms with Gasteiger partial charge in [-0.05, 0) is 38.1 Å². The van der Waals surface area contributed by atoms with Crippen LogP contribution < -0.4 is 19.5 Å². The largest absolute Gasteiger partial charge is 0.497 e. The van der Waals surface area contributed by atoms with Crippen LogP contribution in [0, 0.1) is 0 Å². The van der Waals surface area contributed by atoms with Crippen LogP contribution in [0.15, 0.2) is 36.4 Å². The number of rotatable bonds is 7. The number of amides is 1. The van der Waals surface area contributed by atoms with E-state index in [9.17, 15) is 9.59 Å². The molecule has 26 heavy (non-hydrogen) atoms. The highest BCUT2D eigenvalue weighted by Gasteiger charge is 2.17. The minimum atomic E-state index is -1.11. The Morgan fingerprint density at radius 3 is 2.23 bits per heavy atom. The quantitative estimate of drug-likeness (QED) is 0.786. The van der Waals surface area contributed by atoms with Crippen molar-refractivity contribution in [3.8, 4) is 17.2 Å². The number of anilines is 1. The van der Waals surface area contributed by atoms with Crippen molar-refractivity contribution in [3.05, 3.63) is 47.5 Å². The van der Waals surface area contributed by atoms with Crippen molar-refractivity contribution in [2.45, 2.75) is 20.0 Å². The number of hydrogen-bond donors (Lipinski definition) is 2. The zero-order chi connectivity index (χ0) is 19.3. The predicted octanol–water partition coefficient (Wildman–Crippen LogP) is 3.44. The van der Waals surface area contributed by atoms with E-state index in [4.69, 9.17) is 19.3 Å². The van der Waals surface area contributed by atoms with E-state index in [1.165, 1.54) is 32.4 Å². The molecule has 0 saturated carbocycles. The predicted molar refractivity (Wildman–Crippen MR) is 96.7 cm³/mol. The Morgan fingerprint density at radius 2 is 1.65 bits per heavy atom. The molecule has 0 fully saturated rings. The number of carboxylic acid groups (broad SMARTS) is 1. The third-order valence-corrected chi connectivity index (χ3v) is 3.49. The van der Waals surface area contributed by atoms with E-state index < -0.39 is 11.9 Å². The topological polar surface area (TPSA) is 94.1 Å².